The first kappa shape index (κ1) is 18.6. The van der Waals surface area contributed by atoms with Crippen LogP contribution >= 0.6 is 23.2 Å². The van der Waals surface area contributed by atoms with E-state index < -0.39 is 0 Å². The van der Waals surface area contributed by atoms with Gasteiger partial charge in [-0.25, -0.2) is 4.98 Å². The maximum absolute atomic E-state index is 12.9. The third kappa shape index (κ3) is 3.70. The molecule has 1 fully saturated rings. The third-order valence-corrected chi connectivity index (χ3v) is 5.58. The topological polar surface area (TPSA) is 50.2 Å². The van der Waals surface area contributed by atoms with Gasteiger partial charge in [-0.3, -0.25) is 14.3 Å². The van der Waals surface area contributed by atoms with Crippen molar-refractivity contribution < 1.29 is 0 Å². The summed E-state index contributed by atoms with van der Waals surface area (Å²) in [6.45, 7) is 7.19. The molecule has 136 valence electrons. The van der Waals surface area contributed by atoms with Crippen molar-refractivity contribution in [2.24, 2.45) is 7.05 Å². The first-order chi connectivity index (χ1) is 11.9. The minimum atomic E-state index is -0.0807. The van der Waals surface area contributed by atoms with Gasteiger partial charge in [-0.15, -0.1) is 0 Å². The van der Waals surface area contributed by atoms with Crippen molar-refractivity contribution in [3.8, 4) is 0 Å². The summed E-state index contributed by atoms with van der Waals surface area (Å²) in [7, 11) is 1.79. The third-order valence-electron chi connectivity index (χ3n) is 4.85. The lowest BCUT2D eigenvalue weighted by Crippen LogP contribution is -2.51. The number of rotatable bonds is 4. The van der Waals surface area contributed by atoms with E-state index in [4.69, 9.17) is 28.2 Å². The lowest BCUT2D eigenvalue weighted by molar-refractivity contribution is 0.132. The Morgan fingerprint density at radius 1 is 1.36 bits per heavy atom. The van der Waals surface area contributed by atoms with Crippen molar-refractivity contribution in [3.63, 3.8) is 0 Å². The smallest absolute Gasteiger partial charge is 0.261 e. The maximum atomic E-state index is 12.9. The zero-order valence-electron chi connectivity index (χ0n) is 14.9. The number of piperazine rings is 1. The van der Waals surface area contributed by atoms with E-state index in [9.17, 15) is 4.79 Å². The molecule has 0 bridgehead atoms. The van der Waals surface area contributed by atoms with Crippen LogP contribution in [-0.2, 0) is 7.05 Å². The highest BCUT2D eigenvalue weighted by molar-refractivity contribution is 6.42. The molecule has 2 aromatic rings. The van der Waals surface area contributed by atoms with Gasteiger partial charge < -0.3 is 5.32 Å². The number of hydrogen-bond acceptors (Lipinski definition) is 4. The molecule has 1 N–H and O–H groups in total. The molecule has 0 aliphatic carbocycles. The summed E-state index contributed by atoms with van der Waals surface area (Å²) in [6.07, 6.45) is 1.98. The fourth-order valence-corrected chi connectivity index (χ4v) is 3.90. The van der Waals surface area contributed by atoms with E-state index in [1.165, 1.54) is 0 Å². The summed E-state index contributed by atoms with van der Waals surface area (Å²) in [5.41, 5.74) is 0.527. The van der Waals surface area contributed by atoms with E-state index >= 15 is 0 Å². The van der Waals surface area contributed by atoms with E-state index in [0.29, 0.717) is 27.0 Å². The van der Waals surface area contributed by atoms with E-state index in [2.05, 4.69) is 24.1 Å². The van der Waals surface area contributed by atoms with E-state index in [0.717, 1.165) is 38.3 Å². The van der Waals surface area contributed by atoms with Gasteiger partial charge in [0, 0.05) is 32.7 Å². The van der Waals surface area contributed by atoms with Gasteiger partial charge in [0.05, 0.1) is 27.0 Å². The van der Waals surface area contributed by atoms with Gasteiger partial charge in [-0.1, -0.05) is 36.5 Å². The SMILES string of the molecule is CCC[C@H](c1nc2cc(Cl)c(Cl)cc2c(=O)n1C)N1CCN[C@@H](C)C1. The summed E-state index contributed by atoms with van der Waals surface area (Å²) in [4.78, 5) is 20.1. The summed E-state index contributed by atoms with van der Waals surface area (Å²) >= 11 is 12.2. The Morgan fingerprint density at radius 2 is 2.08 bits per heavy atom. The van der Waals surface area contributed by atoms with E-state index in [-0.39, 0.29) is 11.6 Å². The van der Waals surface area contributed by atoms with Crippen molar-refractivity contribution in [1.29, 1.82) is 0 Å². The van der Waals surface area contributed by atoms with Crippen molar-refractivity contribution in [2.45, 2.75) is 38.8 Å². The van der Waals surface area contributed by atoms with Crippen LogP contribution in [0.15, 0.2) is 16.9 Å². The molecular weight excluding hydrogens is 359 g/mol. The van der Waals surface area contributed by atoms with Crippen LogP contribution in [0.1, 0.15) is 38.6 Å². The Labute approximate surface area is 157 Å². The summed E-state index contributed by atoms with van der Waals surface area (Å²) in [5, 5.41) is 4.77. The van der Waals surface area contributed by atoms with Gasteiger partial charge in [0.15, 0.2) is 0 Å². The number of hydrogen-bond donors (Lipinski definition) is 1. The highest BCUT2D eigenvalue weighted by Gasteiger charge is 2.27. The van der Waals surface area contributed by atoms with Crippen molar-refractivity contribution in [2.75, 3.05) is 19.6 Å². The van der Waals surface area contributed by atoms with Gasteiger partial charge in [-0.05, 0) is 25.5 Å². The molecule has 0 saturated carbocycles. The molecular formula is C18H24Cl2N4O. The van der Waals surface area contributed by atoms with Crippen molar-refractivity contribution >= 4 is 34.1 Å². The Hall–Kier alpha value is -1.14. The predicted octanol–water partition coefficient (Wildman–Crippen LogP) is 3.38. The van der Waals surface area contributed by atoms with Crippen LogP contribution in [-0.4, -0.2) is 40.1 Å². The summed E-state index contributed by atoms with van der Waals surface area (Å²) in [6, 6.07) is 3.85. The second kappa shape index (κ2) is 7.62. The van der Waals surface area contributed by atoms with Crippen LogP contribution in [0.4, 0.5) is 0 Å². The first-order valence-corrected chi connectivity index (χ1v) is 9.51. The fraction of sp³-hybridized carbons (Fsp3) is 0.556. The molecule has 2 atom stereocenters. The van der Waals surface area contributed by atoms with Gasteiger partial charge >= 0.3 is 0 Å². The molecule has 0 unspecified atom stereocenters. The van der Waals surface area contributed by atoms with Gasteiger partial charge in [-0.2, -0.15) is 0 Å². The highest BCUT2D eigenvalue weighted by atomic mass is 35.5. The average Bonchev–Trinajstić information content (AvgIpc) is 2.58. The number of benzene rings is 1. The van der Waals surface area contributed by atoms with Crippen LogP contribution in [0, 0.1) is 0 Å². The fourth-order valence-electron chi connectivity index (χ4n) is 3.57. The molecule has 0 amide bonds. The molecule has 5 nitrogen and oxygen atoms in total. The number of nitrogens with one attached hydrogen (secondary N) is 1. The van der Waals surface area contributed by atoms with Crippen LogP contribution in [0.3, 0.4) is 0 Å². The Balaban J connectivity index is 2.12. The Morgan fingerprint density at radius 3 is 2.76 bits per heavy atom. The van der Waals surface area contributed by atoms with Crippen LogP contribution in [0.2, 0.25) is 10.0 Å². The van der Waals surface area contributed by atoms with Gasteiger partial charge in [0.25, 0.3) is 5.56 Å². The normalized spacial score (nSPS) is 20.1. The zero-order chi connectivity index (χ0) is 18.1. The standard InChI is InChI=1S/C18H24Cl2N4O/c1-4-5-16(24-7-6-21-11(2)10-24)17-22-15-9-14(20)13(19)8-12(15)18(25)23(17)3/h8-9,11,16,21H,4-7,10H2,1-3H3/t11-,16+/m0/s1. The lowest BCUT2D eigenvalue weighted by atomic mass is 10.1. The maximum Gasteiger partial charge on any atom is 0.261 e. The molecule has 0 spiro atoms. The predicted molar refractivity (Wildman–Crippen MR) is 104 cm³/mol. The zero-order valence-corrected chi connectivity index (χ0v) is 16.4. The molecule has 1 aliphatic heterocycles. The summed E-state index contributed by atoms with van der Waals surface area (Å²) in [5.74, 6) is 0.798. The molecule has 3 rings (SSSR count). The van der Waals surface area contributed by atoms with Crippen LogP contribution in [0.5, 0.6) is 0 Å². The van der Waals surface area contributed by atoms with Gasteiger partial charge in [0.2, 0.25) is 0 Å². The van der Waals surface area contributed by atoms with Crippen LogP contribution in [0.25, 0.3) is 10.9 Å². The number of fused-ring (bicyclic) bond motifs is 1. The highest BCUT2D eigenvalue weighted by Crippen LogP contribution is 2.29. The lowest BCUT2D eigenvalue weighted by Gasteiger charge is -2.38. The number of nitrogens with zero attached hydrogens (tertiary/aromatic N) is 3. The molecule has 7 heteroatoms. The average molecular weight is 383 g/mol. The van der Waals surface area contributed by atoms with Crippen molar-refractivity contribution in [3.05, 3.63) is 38.4 Å². The molecule has 1 saturated heterocycles. The second-order valence-electron chi connectivity index (χ2n) is 6.77. The van der Waals surface area contributed by atoms with Crippen LogP contribution < -0.4 is 10.9 Å². The molecule has 25 heavy (non-hydrogen) atoms. The molecule has 0 radical (unpaired) electrons. The Kier molecular flexibility index (Phi) is 5.68. The second-order valence-corrected chi connectivity index (χ2v) is 7.59. The first-order valence-electron chi connectivity index (χ1n) is 8.75. The summed E-state index contributed by atoms with van der Waals surface area (Å²) < 4.78 is 1.67. The van der Waals surface area contributed by atoms with Gasteiger partial charge in [0.1, 0.15) is 5.82 Å². The molecule has 2 heterocycles. The Bertz CT molecular complexity index is 836. The molecule has 1 aliphatic rings. The monoisotopic (exact) mass is 382 g/mol. The molecule has 1 aromatic heterocycles. The number of aromatic nitrogens is 2. The van der Waals surface area contributed by atoms with Crippen molar-refractivity contribution in [1.82, 2.24) is 19.8 Å². The van der Waals surface area contributed by atoms with E-state index in [1.54, 1.807) is 23.7 Å². The quantitative estimate of drug-likeness (QED) is 0.880. The largest absolute Gasteiger partial charge is 0.312 e. The molecule has 1 aromatic carbocycles. The minimum absolute atomic E-state index is 0.0807. The van der Waals surface area contributed by atoms with E-state index in [1.807, 2.05) is 0 Å². The minimum Gasteiger partial charge on any atom is -0.312 e. The number of halogens is 2.